The van der Waals surface area contributed by atoms with E-state index in [-0.39, 0.29) is 25.7 Å². The number of hydrogen-bond donors (Lipinski definition) is 3. The molecule has 0 saturated heterocycles. The Kier molecular flexibility index (Phi) is 67.2. The fourth-order valence-corrected chi connectivity index (χ4v) is 13.2. The highest BCUT2D eigenvalue weighted by Crippen LogP contribution is 2.45. The molecule has 0 fully saturated rings. The van der Waals surface area contributed by atoms with Gasteiger partial charge in [-0.2, -0.15) is 0 Å². The third-order valence-electron chi connectivity index (χ3n) is 17.8. The minimum absolute atomic E-state index is 0.0838. The molecule has 5 atom stereocenters. The number of phosphoric ester groups is 2. The number of aliphatic hydroxyl groups excluding tert-OH is 1. The van der Waals surface area contributed by atoms with Crippen LogP contribution in [0.5, 0.6) is 0 Å². The molecule has 578 valence electrons. The lowest BCUT2D eigenvalue weighted by Crippen LogP contribution is -2.30. The van der Waals surface area contributed by atoms with Gasteiger partial charge in [0.15, 0.2) is 12.2 Å². The molecule has 0 saturated carbocycles. The van der Waals surface area contributed by atoms with Gasteiger partial charge in [0.25, 0.3) is 0 Å². The molecule has 0 aliphatic heterocycles. The Hall–Kier alpha value is -2.46. The second kappa shape index (κ2) is 68.9. The molecule has 0 aromatic carbocycles. The number of phosphoric acid groups is 2. The van der Waals surface area contributed by atoms with Gasteiger partial charge in [0.05, 0.1) is 26.4 Å². The van der Waals surface area contributed by atoms with Crippen LogP contribution in [0.3, 0.4) is 0 Å². The number of carbonyl (C=O) groups is 4. The van der Waals surface area contributed by atoms with Gasteiger partial charge in [-0.15, -0.1) is 0 Å². The van der Waals surface area contributed by atoms with Gasteiger partial charge in [-0.05, 0) is 69.1 Å². The first kappa shape index (κ1) is 95.5. The molecular formula is C79H150O17P2. The lowest BCUT2D eigenvalue weighted by molar-refractivity contribution is -0.161. The Balaban J connectivity index is 5.27. The van der Waals surface area contributed by atoms with Crippen molar-refractivity contribution >= 4 is 39.5 Å². The van der Waals surface area contributed by atoms with Crippen LogP contribution in [0.2, 0.25) is 0 Å². The van der Waals surface area contributed by atoms with Crippen LogP contribution in [0.25, 0.3) is 0 Å². The van der Waals surface area contributed by atoms with Crippen molar-refractivity contribution < 1.29 is 80.2 Å². The van der Waals surface area contributed by atoms with Gasteiger partial charge in [-0.25, -0.2) is 9.13 Å². The minimum atomic E-state index is -4.96. The molecule has 0 aromatic rings. The van der Waals surface area contributed by atoms with Crippen LogP contribution in [0.1, 0.15) is 382 Å². The monoisotopic (exact) mass is 1430 g/mol. The summed E-state index contributed by atoms with van der Waals surface area (Å²) in [7, 11) is -9.93. The second-order valence-electron chi connectivity index (χ2n) is 29.2. The molecule has 3 N–H and O–H groups in total. The zero-order valence-electron chi connectivity index (χ0n) is 63.7. The maximum Gasteiger partial charge on any atom is 0.472 e. The number of rotatable bonds is 75. The summed E-state index contributed by atoms with van der Waals surface area (Å²) < 4.78 is 68.6. The maximum atomic E-state index is 13.1. The molecule has 0 aromatic heterocycles. The molecule has 0 spiro atoms. The van der Waals surface area contributed by atoms with Crippen LogP contribution in [0.15, 0.2) is 24.3 Å². The summed E-state index contributed by atoms with van der Waals surface area (Å²) >= 11 is 0. The van der Waals surface area contributed by atoms with Crippen molar-refractivity contribution in [2.45, 2.75) is 401 Å². The largest absolute Gasteiger partial charge is 0.472 e. The number of esters is 4. The van der Waals surface area contributed by atoms with E-state index in [2.05, 4.69) is 72.8 Å². The number of hydrogen-bond acceptors (Lipinski definition) is 15. The van der Waals surface area contributed by atoms with E-state index in [0.29, 0.717) is 31.6 Å². The van der Waals surface area contributed by atoms with E-state index >= 15 is 0 Å². The van der Waals surface area contributed by atoms with Crippen LogP contribution >= 0.6 is 15.6 Å². The number of ether oxygens (including phenoxy) is 4. The summed E-state index contributed by atoms with van der Waals surface area (Å²) in [5, 5.41) is 10.6. The van der Waals surface area contributed by atoms with Crippen molar-refractivity contribution in [2.24, 2.45) is 17.8 Å². The highest BCUT2D eigenvalue weighted by Gasteiger charge is 2.30. The third-order valence-corrected chi connectivity index (χ3v) is 19.7. The first-order chi connectivity index (χ1) is 47.2. The zero-order valence-corrected chi connectivity index (χ0v) is 65.5. The molecule has 0 aliphatic carbocycles. The van der Waals surface area contributed by atoms with Crippen molar-refractivity contribution in [3.63, 3.8) is 0 Å². The fraction of sp³-hybridized carbons (Fsp3) is 0.899. The summed E-state index contributed by atoms with van der Waals surface area (Å²) in [6.07, 6.45) is 59.2. The number of allylic oxidation sites excluding steroid dienone is 4. The second-order valence-corrected chi connectivity index (χ2v) is 32.1. The standard InChI is InChI=1S/C79H150O17P2/c1-8-9-10-11-12-13-14-15-17-23-29-34-39-48-55-63-79(84)96-75(67-90-77(82)61-54-47-42-41-45-52-59-72(6)7)69-94-98(87,88)92-65-73(80)64-91-97(85,86)93-68-74(66-89-76(81)60-53-46-38-33-28-25-20-22-27-32-37-44-51-58-71(4)5)95-78(83)62-56-49-40-35-30-24-19-16-18-21-26-31-36-43-50-57-70(2)3/h13-15,17,70-75,80H,8-12,16,18-69H2,1-7H3,(H,85,86)(H,87,88)/b14-13-,17-15-/t73-,74-,75-/m1/s1. The zero-order chi connectivity index (χ0) is 72.3. The van der Waals surface area contributed by atoms with E-state index in [4.69, 9.17) is 37.0 Å². The Morgan fingerprint density at radius 1 is 0.316 bits per heavy atom. The number of unbranched alkanes of at least 4 members (excludes halogenated alkanes) is 40. The van der Waals surface area contributed by atoms with Gasteiger partial charge in [0, 0.05) is 25.7 Å². The summed E-state index contributed by atoms with van der Waals surface area (Å²) in [5.41, 5.74) is 0. The van der Waals surface area contributed by atoms with Crippen molar-refractivity contribution in [1.29, 1.82) is 0 Å². The molecule has 0 bridgehead atoms. The Morgan fingerprint density at radius 2 is 0.551 bits per heavy atom. The van der Waals surface area contributed by atoms with E-state index < -0.39 is 97.5 Å². The quantitative estimate of drug-likeness (QED) is 0.0169. The highest BCUT2D eigenvalue weighted by atomic mass is 31.2. The topological polar surface area (TPSA) is 237 Å². The lowest BCUT2D eigenvalue weighted by atomic mass is 10.0. The molecule has 98 heavy (non-hydrogen) atoms. The molecule has 19 heteroatoms. The molecule has 2 unspecified atom stereocenters. The van der Waals surface area contributed by atoms with Gasteiger partial charge < -0.3 is 33.8 Å². The van der Waals surface area contributed by atoms with Crippen LogP contribution in [-0.2, 0) is 65.4 Å². The van der Waals surface area contributed by atoms with Crippen molar-refractivity contribution in [3.8, 4) is 0 Å². The Morgan fingerprint density at radius 3 is 0.827 bits per heavy atom. The van der Waals surface area contributed by atoms with Gasteiger partial charge in [-0.3, -0.25) is 37.3 Å². The molecule has 0 aliphatic rings. The van der Waals surface area contributed by atoms with Crippen molar-refractivity contribution in [1.82, 2.24) is 0 Å². The predicted octanol–water partition coefficient (Wildman–Crippen LogP) is 22.9. The van der Waals surface area contributed by atoms with E-state index in [1.807, 2.05) is 0 Å². The average molecular weight is 1430 g/mol. The minimum Gasteiger partial charge on any atom is -0.462 e. The van der Waals surface area contributed by atoms with Crippen LogP contribution in [-0.4, -0.2) is 96.7 Å². The van der Waals surface area contributed by atoms with E-state index in [1.165, 1.54) is 173 Å². The SMILES string of the molecule is CCCCCC/C=C\C=C/CCCCCCCC(=O)O[C@H](COC(=O)CCCCCCCCC(C)C)COP(=O)(O)OC[C@H](O)COP(=O)(O)OC[C@@H](COC(=O)CCCCCCCCCCCCCCCC(C)C)OC(=O)CCCCCCCCCCCCCCCCCC(C)C. The van der Waals surface area contributed by atoms with Gasteiger partial charge in [0.2, 0.25) is 0 Å². The van der Waals surface area contributed by atoms with Crippen molar-refractivity contribution in [3.05, 3.63) is 24.3 Å². The molecule has 0 amide bonds. The third kappa shape index (κ3) is 71.9. The first-order valence-corrected chi connectivity index (χ1v) is 43.2. The maximum absolute atomic E-state index is 13.1. The molecule has 0 radical (unpaired) electrons. The lowest BCUT2D eigenvalue weighted by Gasteiger charge is -2.21. The average Bonchev–Trinajstić information content (AvgIpc) is 0.947. The highest BCUT2D eigenvalue weighted by molar-refractivity contribution is 7.47. The van der Waals surface area contributed by atoms with Gasteiger partial charge in [0.1, 0.15) is 19.3 Å². The number of aliphatic hydroxyl groups is 1. The number of carbonyl (C=O) groups excluding carboxylic acids is 4. The van der Waals surface area contributed by atoms with Crippen LogP contribution < -0.4 is 0 Å². The Labute approximate surface area is 599 Å². The van der Waals surface area contributed by atoms with Crippen molar-refractivity contribution in [2.75, 3.05) is 39.6 Å². The van der Waals surface area contributed by atoms with Gasteiger partial charge in [-0.1, -0.05) is 330 Å². The van der Waals surface area contributed by atoms with E-state index in [1.54, 1.807) is 0 Å². The normalized spacial score (nSPS) is 14.2. The summed E-state index contributed by atoms with van der Waals surface area (Å²) in [6.45, 7) is 11.8. The van der Waals surface area contributed by atoms with Crippen LogP contribution in [0.4, 0.5) is 0 Å². The smallest absolute Gasteiger partial charge is 0.462 e. The molecule has 0 rings (SSSR count). The molecule has 0 heterocycles. The Bertz CT molecular complexity index is 2000. The fourth-order valence-electron chi connectivity index (χ4n) is 11.6. The summed E-state index contributed by atoms with van der Waals surface area (Å²) in [6, 6.07) is 0. The first-order valence-electron chi connectivity index (χ1n) is 40.2. The molecular weight excluding hydrogens is 1280 g/mol. The van der Waals surface area contributed by atoms with Gasteiger partial charge >= 0.3 is 39.5 Å². The van der Waals surface area contributed by atoms with Crippen LogP contribution in [0, 0.1) is 17.8 Å². The summed E-state index contributed by atoms with van der Waals surface area (Å²) in [4.78, 5) is 72.9. The predicted molar refractivity (Wildman–Crippen MR) is 400 cm³/mol. The van der Waals surface area contributed by atoms with E-state index in [0.717, 1.165) is 121 Å². The molecule has 17 nitrogen and oxygen atoms in total. The summed E-state index contributed by atoms with van der Waals surface area (Å²) in [5.74, 6) is 0.121. The van der Waals surface area contributed by atoms with E-state index in [9.17, 15) is 43.2 Å².